The summed E-state index contributed by atoms with van der Waals surface area (Å²) in [6.45, 7) is 4.17. The van der Waals surface area contributed by atoms with Crippen LogP contribution in [-0.4, -0.2) is 45.7 Å². The molecule has 1 heterocycles. The summed E-state index contributed by atoms with van der Waals surface area (Å²) in [4.78, 5) is 30.1. The molecular weight excluding hydrogens is 538 g/mol. The van der Waals surface area contributed by atoms with Gasteiger partial charge >= 0.3 is 0 Å². The van der Waals surface area contributed by atoms with Crippen LogP contribution in [-0.2, 0) is 14.8 Å². The number of para-hydroxylation sites is 1. The van der Waals surface area contributed by atoms with Gasteiger partial charge < -0.3 is 14.5 Å². The molecule has 0 radical (unpaired) electrons. The Morgan fingerprint density at radius 1 is 1.05 bits per heavy atom. The maximum absolute atomic E-state index is 13.7. The average molecular weight is 570 g/mol. The molecule has 0 saturated carbocycles. The number of sulfonamides is 1. The smallest absolute Gasteiger partial charge is 0.258 e. The summed E-state index contributed by atoms with van der Waals surface area (Å²) in [5.74, 6) is 0.364. The molecule has 0 saturated heterocycles. The lowest BCUT2D eigenvalue weighted by molar-refractivity contribution is -0.117. The predicted molar refractivity (Wildman–Crippen MR) is 154 cm³/mol. The molecule has 3 aromatic carbocycles. The van der Waals surface area contributed by atoms with Gasteiger partial charge in [-0.2, -0.15) is 0 Å². The number of hydrogen-bond acceptors (Lipinski definition) is 5. The van der Waals surface area contributed by atoms with E-state index in [9.17, 15) is 18.0 Å². The van der Waals surface area contributed by atoms with E-state index in [-0.39, 0.29) is 23.9 Å². The predicted octanol–water partition coefficient (Wildman–Crippen LogP) is 5.19. The molecule has 0 bridgehead atoms. The minimum Gasteiger partial charge on any atom is -0.494 e. The van der Waals surface area contributed by atoms with Crippen LogP contribution in [0.5, 0.6) is 5.75 Å². The van der Waals surface area contributed by atoms with Crippen molar-refractivity contribution in [2.75, 3.05) is 29.2 Å². The average Bonchev–Trinajstić information content (AvgIpc) is 2.89. The van der Waals surface area contributed by atoms with Gasteiger partial charge in [0.05, 0.1) is 18.9 Å². The zero-order valence-electron chi connectivity index (χ0n) is 22.1. The van der Waals surface area contributed by atoms with E-state index in [0.717, 1.165) is 23.2 Å². The lowest BCUT2D eigenvalue weighted by Crippen LogP contribution is -2.47. The summed E-state index contributed by atoms with van der Waals surface area (Å²) in [7, 11) is -3.22. The Morgan fingerprint density at radius 3 is 2.36 bits per heavy atom. The highest BCUT2D eigenvalue weighted by molar-refractivity contribution is 7.88. The highest BCUT2D eigenvalue weighted by Crippen LogP contribution is 2.43. The fourth-order valence-electron chi connectivity index (χ4n) is 4.87. The van der Waals surface area contributed by atoms with Gasteiger partial charge in [0.2, 0.25) is 15.9 Å². The van der Waals surface area contributed by atoms with E-state index >= 15 is 0 Å². The number of nitrogens with zero attached hydrogens (tertiary/aromatic N) is 2. The molecule has 0 spiro atoms. The van der Waals surface area contributed by atoms with Crippen molar-refractivity contribution >= 4 is 44.8 Å². The minimum absolute atomic E-state index is 0.0909. The third-order valence-corrected chi connectivity index (χ3v) is 7.57. The fourth-order valence-corrected chi connectivity index (χ4v) is 5.51. The van der Waals surface area contributed by atoms with Crippen LogP contribution in [0.15, 0.2) is 72.8 Å². The van der Waals surface area contributed by atoms with Crippen LogP contribution in [0, 0.1) is 0 Å². The third kappa shape index (κ3) is 6.98. The topological polar surface area (TPSA) is 96.0 Å². The molecule has 10 heteroatoms. The van der Waals surface area contributed by atoms with Gasteiger partial charge in [0.1, 0.15) is 5.75 Å². The van der Waals surface area contributed by atoms with Crippen LogP contribution in [0.2, 0.25) is 5.02 Å². The molecular formula is C29H32ClN3O5S. The number of amides is 2. The normalized spacial score (nSPS) is 16.9. The van der Waals surface area contributed by atoms with Gasteiger partial charge in [0, 0.05) is 41.5 Å². The number of benzene rings is 3. The molecule has 1 aliphatic heterocycles. The van der Waals surface area contributed by atoms with Crippen molar-refractivity contribution in [3.05, 3.63) is 88.9 Å². The molecule has 1 N–H and O–H groups in total. The standard InChI is InChI=1S/C29H32ClN3O5S/c1-20-19-28(33(21(2)34)24-13-11-23(30)12-14-24)26-7-4-5-8-27(26)32(20)29(35)22-9-15-25(16-10-22)38-18-6-17-31-39(3,36)37/h4-5,7-16,20,28,31H,6,17-19H2,1-3H3/t20-,28+/m0/s1. The molecule has 2 amide bonds. The number of carbonyl (C=O) groups excluding carboxylic acids is 2. The van der Waals surface area contributed by atoms with E-state index in [2.05, 4.69) is 4.72 Å². The number of halogens is 1. The van der Waals surface area contributed by atoms with Crippen LogP contribution in [0.25, 0.3) is 0 Å². The van der Waals surface area contributed by atoms with E-state index < -0.39 is 10.0 Å². The molecule has 2 atom stereocenters. The Kier molecular flexibility index (Phi) is 8.94. The van der Waals surface area contributed by atoms with Crippen LogP contribution in [0.3, 0.4) is 0 Å². The molecule has 3 aromatic rings. The summed E-state index contributed by atoms with van der Waals surface area (Å²) in [6, 6.07) is 21.4. The zero-order chi connectivity index (χ0) is 28.2. The van der Waals surface area contributed by atoms with E-state index in [1.54, 1.807) is 53.1 Å². The fraction of sp³-hybridized carbons (Fsp3) is 0.310. The van der Waals surface area contributed by atoms with Gasteiger partial charge in [0.15, 0.2) is 0 Å². The van der Waals surface area contributed by atoms with Gasteiger partial charge in [-0.25, -0.2) is 13.1 Å². The number of fused-ring (bicyclic) bond motifs is 1. The van der Waals surface area contributed by atoms with E-state index in [1.807, 2.05) is 43.3 Å². The van der Waals surface area contributed by atoms with Gasteiger partial charge in [-0.1, -0.05) is 29.8 Å². The number of rotatable bonds is 9. The lowest BCUT2D eigenvalue weighted by Gasteiger charge is -2.43. The summed E-state index contributed by atoms with van der Waals surface area (Å²) in [6.07, 6.45) is 2.20. The summed E-state index contributed by atoms with van der Waals surface area (Å²) < 4.78 is 30.4. The maximum atomic E-state index is 13.7. The monoisotopic (exact) mass is 569 g/mol. The van der Waals surface area contributed by atoms with Crippen LogP contribution in [0.4, 0.5) is 11.4 Å². The minimum atomic E-state index is -3.22. The quantitative estimate of drug-likeness (QED) is 0.358. The molecule has 8 nitrogen and oxygen atoms in total. The molecule has 1 aliphatic rings. The Labute approximate surface area is 234 Å². The Morgan fingerprint density at radius 2 is 1.72 bits per heavy atom. The maximum Gasteiger partial charge on any atom is 0.258 e. The highest BCUT2D eigenvalue weighted by Gasteiger charge is 2.38. The molecule has 4 rings (SSSR count). The first kappa shape index (κ1) is 28.6. The molecule has 0 aliphatic carbocycles. The molecule has 206 valence electrons. The number of ether oxygens (including phenoxy) is 1. The van der Waals surface area contributed by atoms with Crippen molar-refractivity contribution in [3.8, 4) is 5.75 Å². The van der Waals surface area contributed by atoms with Gasteiger partial charge in [-0.15, -0.1) is 0 Å². The summed E-state index contributed by atoms with van der Waals surface area (Å²) in [5, 5.41) is 0.594. The molecule has 0 fully saturated rings. The van der Waals surface area contributed by atoms with Crippen molar-refractivity contribution in [1.29, 1.82) is 0 Å². The van der Waals surface area contributed by atoms with Gasteiger partial charge in [0.25, 0.3) is 5.91 Å². The first-order valence-corrected chi connectivity index (χ1v) is 15.0. The second-order valence-electron chi connectivity index (χ2n) is 9.59. The Balaban J connectivity index is 1.53. The van der Waals surface area contributed by atoms with Crippen molar-refractivity contribution in [2.24, 2.45) is 0 Å². The van der Waals surface area contributed by atoms with Crippen molar-refractivity contribution in [3.63, 3.8) is 0 Å². The number of anilines is 2. The van der Waals surface area contributed by atoms with Crippen LogP contribution < -0.4 is 19.3 Å². The lowest BCUT2D eigenvalue weighted by atomic mass is 9.89. The Bertz CT molecular complexity index is 1430. The van der Waals surface area contributed by atoms with Gasteiger partial charge in [-0.3, -0.25) is 9.59 Å². The number of carbonyl (C=O) groups is 2. The van der Waals surface area contributed by atoms with Gasteiger partial charge in [-0.05, 0) is 79.9 Å². The van der Waals surface area contributed by atoms with E-state index in [1.165, 1.54) is 0 Å². The first-order valence-electron chi connectivity index (χ1n) is 12.7. The van der Waals surface area contributed by atoms with Crippen LogP contribution >= 0.6 is 11.6 Å². The molecule has 0 unspecified atom stereocenters. The largest absolute Gasteiger partial charge is 0.494 e. The molecule has 0 aromatic heterocycles. The SMILES string of the molecule is CC(=O)N(c1ccc(Cl)cc1)[C@@H]1C[C@H](C)N(C(=O)c2ccc(OCCCNS(C)(=O)=O)cc2)c2ccccc21. The zero-order valence-corrected chi connectivity index (χ0v) is 23.7. The second-order valence-corrected chi connectivity index (χ2v) is 11.9. The van der Waals surface area contributed by atoms with E-state index in [4.69, 9.17) is 16.3 Å². The van der Waals surface area contributed by atoms with Crippen LogP contribution in [0.1, 0.15) is 48.7 Å². The van der Waals surface area contributed by atoms with Crippen molar-refractivity contribution in [2.45, 2.75) is 38.8 Å². The molecule has 39 heavy (non-hydrogen) atoms. The number of hydrogen-bond donors (Lipinski definition) is 1. The Hall–Kier alpha value is -3.40. The van der Waals surface area contributed by atoms with Crippen molar-refractivity contribution < 1.29 is 22.7 Å². The van der Waals surface area contributed by atoms with E-state index in [0.29, 0.717) is 42.3 Å². The first-order chi connectivity index (χ1) is 18.5. The third-order valence-electron chi connectivity index (χ3n) is 6.59. The summed E-state index contributed by atoms with van der Waals surface area (Å²) >= 11 is 6.08. The second kappa shape index (κ2) is 12.2. The highest BCUT2D eigenvalue weighted by atomic mass is 35.5. The summed E-state index contributed by atoms with van der Waals surface area (Å²) in [5.41, 5.74) is 2.94. The van der Waals surface area contributed by atoms with Crippen molar-refractivity contribution in [1.82, 2.24) is 4.72 Å². The number of nitrogens with one attached hydrogen (secondary N) is 1.